The average molecular weight is 313 g/mol. The third-order valence-electron chi connectivity index (χ3n) is 3.21. The lowest BCUT2D eigenvalue weighted by atomic mass is 9.97. The maximum Gasteiger partial charge on any atom is 0.0499 e. The largest absolute Gasteiger partial charge is 0.326 e. The van der Waals surface area contributed by atoms with Crippen LogP contribution < -0.4 is 5.73 Å². The van der Waals surface area contributed by atoms with E-state index in [0.29, 0.717) is 6.04 Å². The van der Waals surface area contributed by atoms with Crippen LogP contribution >= 0.6 is 15.9 Å². The van der Waals surface area contributed by atoms with E-state index in [4.69, 9.17) is 5.73 Å². The number of halogens is 1. The second-order valence-corrected chi connectivity index (χ2v) is 6.10. The van der Waals surface area contributed by atoms with Crippen molar-refractivity contribution in [2.75, 3.05) is 6.54 Å². The van der Waals surface area contributed by atoms with Gasteiger partial charge in [0, 0.05) is 22.6 Å². The Balaban J connectivity index is 3.03. The third-order valence-corrected chi connectivity index (χ3v) is 3.74. The van der Waals surface area contributed by atoms with Crippen molar-refractivity contribution >= 4 is 15.9 Å². The van der Waals surface area contributed by atoms with E-state index in [1.807, 2.05) is 0 Å². The fraction of sp³-hybridized carbons (Fsp3) is 0.600. The summed E-state index contributed by atoms with van der Waals surface area (Å²) in [5, 5.41) is 0. The standard InChI is InChI=1S/C15H25BrN2/c1-5-10-18(11(2)3)15(12(4)17)13-6-8-14(16)9-7-13/h6-9,11-12,15H,5,10,17H2,1-4H3. The minimum absolute atomic E-state index is 0.125. The Labute approximate surface area is 120 Å². The molecule has 0 aliphatic heterocycles. The van der Waals surface area contributed by atoms with Crippen molar-refractivity contribution in [1.29, 1.82) is 0 Å². The van der Waals surface area contributed by atoms with Gasteiger partial charge in [0.2, 0.25) is 0 Å². The number of hydrogen-bond acceptors (Lipinski definition) is 2. The molecule has 2 atom stereocenters. The first-order valence-electron chi connectivity index (χ1n) is 6.74. The second-order valence-electron chi connectivity index (χ2n) is 5.19. The molecule has 3 heteroatoms. The maximum atomic E-state index is 6.22. The van der Waals surface area contributed by atoms with Crippen LogP contribution in [0.1, 0.15) is 45.7 Å². The van der Waals surface area contributed by atoms with Gasteiger partial charge < -0.3 is 5.73 Å². The van der Waals surface area contributed by atoms with Crippen LogP contribution in [0.3, 0.4) is 0 Å². The van der Waals surface area contributed by atoms with Gasteiger partial charge in [0.25, 0.3) is 0 Å². The molecule has 18 heavy (non-hydrogen) atoms. The van der Waals surface area contributed by atoms with Crippen LogP contribution in [0.2, 0.25) is 0 Å². The fourth-order valence-corrected chi connectivity index (χ4v) is 2.70. The van der Waals surface area contributed by atoms with Gasteiger partial charge in [-0.05, 0) is 51.4 Å². The van der Waals surface area contributed by atoms with Crippen molar-refractivity contribution in [3.63, 3.8) is 0 Å². The van der Waals surface area contributed by atoms with E-state index in [-0.39, 0.29) is 12.1 Å². The van der Waals surface area contributed by atoms with Gasteiger partial charge in [-0.2, -0.15) is 0 Å². The predicted octanol–water partition coefficient (Wildman–Crippen LogP) is 3.96. The van der Waals surface area contributed by atoms with E-state index in [0.717, 1.165) is 17.4 Å². The molecule has 0 aliphatic rings. The van der Waals surface area contributed by atoms with E-state index in [9.17, 15) is 0 Å². The minimum Gasteiger partial charge on any atom is -0.326 e. The zero-order valence-electron chi connectivity index (χ0n) is 11.9. The summed E-state index contributed by atoms with van der Waals surface area (Å²) in [5.74, 6) is 0. The minimum atomic E-state index is 0.125. The first kappa shape index (κ1) is 15.7. The molecule has 0 bridgehead atoms. The number of hydrogen-bond donors (Lipinski definition) is 1. The van der Waals surface area contributed by atoms with Crippen molar-refractivity contribution in [3.05, 3.63) is 34.3 Å². The van der Waals surface area contributed by atoms with Gasteiger partial charge >= 0.3 is 0 Å². The summed E-state index contributed by atoms with van der Waals surface area (Å²) in [7, 11) is 0. The van der Waals surface area contributed by atoms with Crippen molar-refractivity contribution in [1.82, 2.24) is 4.90 Å². The predicted molar refractivity (Wildman–Crippen MR) is 82.7 cm³/mol. The molecule has 0 heterocycles. The molecule has 2 N–H and O–H groups in total. The number of nitrogens with two attached hydrogens (primary N) is 1. The Kier molecular flexibility index (Phi) is 6.33. The molecule has 0 saturated heterocycles. The van der Waals surface area contributed by atoms with E-state index >= 15 is 0 Å². The van der Waals surface area contributed by atoms with Crippen molar-refractivity contribution in [3.8, 4) is 0 Å². The molecule has 2 unspecified atom stereocenters. The van der Waals surface area contributed by atoms with E-state index in [1.54, 1.807) is 0 Å². The highest BCUT2D eigenvalue weighted by Crippen LogP contribution is 2.27. The summed E-state index contributed by atoms with van der Waals surface area (Å²) in [6.07, 6.45) is 1.15. The molecule has 1 aromatic rings. The molecule has 0 fully saturated rings. The molecule has 0 radical (unpaired) electrons. The summed E-state index contributed by atoms with van der Waals surface area (Å²) in [6.45, 7) is 9.88. The molecule has 0 aliphatic carbocycles. The van der Waals surface area contributed by atoms with Gasteiger partial charge in [0.05, 0.1) is 0 Å². The van der Waals surface area contributed by atoms with E-state index < -0.39 is 0 Å². The number of nitrogens with zero attached hydrogens (tertiary/aromatic N) is 1. The molecule has 0 saturated carbocycles. The highest BCUT2D eigenvalue weighted by molar-refractivity contribution is 9.10. The second kappa shape index (κ2) is 7.27. The highest BCUT2D eigenvalue weighted by Gasteiger charge is 2.25. The topological polar surface area (TPSA) is 29.3 Å². The summed E-state index contributed by atoms with van der Waals surface area (Å²) < 4.78 is 1.11. The Hall–Kier alpha value is -0.380. The molecule has 0 spiro atoms. The number of rotatable bonds is 6. The first-order chi connectivity index (χ1) is 8.47. The lowest BCUT2D eigenvalue weighted by Crippen LogP contribution is -2.43. The van der Waals surface area contributed by atoms with E-state index in [1.165, 1.54) is 5.56 Å². The van der Waals surface area contributed by atoms with Crippen molar-refractivity contribution < 1.29 is 0 Å². The van der Waals surface area contributed by atoms with Gasteiger partial charge in [0.1, 0.15) is 0 Å². The Morgan fingerprint density at radius 1 is 1.17 bits per heavy atom. The molecule has 102 valence electrons. The quantitative estimate of drug-likeness (QED) is 0.861. The monoisotopic (exact) mass is 312 g/mol. The maximum absolute atomic E-state index is 6.22. The summed E-state index contributed by atoms with van der Waals surface area (Å²) >= 11 is 3.48. The van der Waals surface area contributed by atoms with Crippen LogP contribution in [0.25, 0.3) is 0 Å². The fourth-order valence-electron chi connectivity index (χ4n) is 2.43. The molecule has 1 aromatic carbocycles. The zero-order chi connectivity index (χ0) is 13.7. The SMILES string of the molecule is CCCN(C(C)C)C(c1ccc(Br)cc1)C(C)N. The molecular formula is C15H25BrN2. The van der Waals surface area contributed by atoms with Crippen LogP contribution in [0.15, 0.2) is 28.7 Å². The molecule has 2 nitrogen and oxygen atoms in total. The van der Waals surface area contributed by atoms with Gasteiger partial charge in [-0.15, -0.1) is 0 Å². The lowest BCUT2D eigenvalue weighted by Gasteiger charge is -2.37. The van der Waals surface area contributed by atoms with E-state index in [2.05, 4.69) is 72.8 Å². The van der Waals surface area contributed by atoms with Crippen LogP contribution in [0.5, 0.6) is 0 Å². The summed E-state index contributed by atoms with van der Waals surface area (Å²) in [5.41, 5.74) is 7.52. The number of benzene rings is 1. The summed E-state index contributed by atoms with van der Waals surface area (Å²) in [6, 6.07) is 9.44. The van der Waals surface area contributed by atoms with Crippen LogP contribution in [-0.4, -0.2) is 23.5 Å². The Morgan fingerprint density at radius 3 is 2.11 bits per heavy atom. The molecule has 1 rings (SSSR count). The molecular weight excluding hydrogens is 288 g/mol. The summed E-state index contributed by atoms with van der Waals surface area (Å²) in [4.78, 5) is 2.49. The van der Waals surface area contributed by atoms with Gasteiger partial charge in [-0.1, -0.05) is 35.0 Å². The smallest absolute Gasteiger partial charge is 0.0499 e. The average Bonchev–Trinajstić information content (AvgIpc) is 2.30. The van der Waals surface area contributed by atoms with Crippen LogP contribution in [0.4, 0.5) is 0 Å². The lowest BCUT2D eigenvalue weighted by molar-refractivity contribution is 0.136. The van der Waals surface area contributed by atoms with Crippen molar-refractivity contribution in [2.45, 2.75) is 52.2 Å². The first-order valence-corrected chi connectivity index (χ1v) is 7.53. The van der Waals surface area contributed by atoms with Gasteiger partial charge in [0.15, 0.2) is 0 Å². The molecule has 0 amide bonds. The van der Waals surface area contributed by atoms with Gasteiger partial charge in [-0.25, -0.2) is 0 Å². The van der Waals surface area contributed by atoms with Crippen molar-refractivity contribution in [2.24, 2.45) is 5.73 Å². The zero-order valence-corrected chi connectivity index (χ0v) is 13.4. The Bertz CT molecular complexity index is 346. The Morgan fingerprint density at radius 2 is 1.72 bits per heavy atom. The van der Waals surface area contributed by atoms with Crippen LogP contribution in [0, 0.1) is 0 Å². The normalized spacial score (nSPS) is 15.1. The van der Waals surface area contributed by atoms with Gasteiger partial charge in [-0.3, -0.25) is 4.90 Å². The third kappa shape index (κ3) is 4.08. The molecule has 0 aromatic heterocycles. The highest BCUT2D eigenvalue weighted by atomic mass is 79.9. The van der Waals surface area contributed by atoms with Crippen LogP contribution in [-0.2, 0) is 0 Å².